The molecule has 0 atom stereocenters. The summed E-state index contributed by atoms with van der Waals surface area (Å²) in [5.74, 6) is 1.30. The number of fused-ring (bicyclic) bond motifs is 1. The number of benzene rings is 2. The normalized spacial score (nSPS) is 12.6. The second-order valence-electron chi connectivity index (χ2n) is 5.53. The van der Waals surface area contributed by atoms with Crippen LogP contribution in [-0.4, -0.2) is 32.5 Å². The molecule has 1 amide bonds. The zero-order chi connectivity index (χ0) is 19.3. The molecule has 1 N–H and O–H groups in total. The van der Waals surface area contributed by atoms with E-state index in [-0.39, 0.29) is 38.2 Å². The van der Waals surface area contributed by atoms with Crippen molar-refractivity contribution in [2.24, 2.45) is 0 Å². The average Bonchev–Trinajstić information content (AvgIpc) is 3.11. The molecule has 0 bridgehead atoms. The Kier molecular flexibility index (Phi) is 5.58. The van der Waals surface area contributed by atoms with Crippen LogP contribution in [0.1, 0.15) is 5.56 Å². The molecule has 0 fully saturated rings. The number of hydrogen-bond acceptors (Lipinski definition) is 5. The molecule has 1 aliphatic rings. The predicted molar refractivity (Wildman–Crippen MR) is 88.0 cm³/mol. The molecule has 0 radical (unpaired) electrons. The lowest BCUT2D eigenvalue weighted by molar-refractivity contribution is -0.137. The molecular formula is C18H16F3NO5. The van der Waals surface area contributed by atoms with E-state index in [0.29, 0.717) is 17.2 Å². The molecule has 2 aromatic rings. The van der Waals surface area contributed by atoms with Crippen molar-refractivity contribution in [1.82, 2.24) is 5.32 Å². The van der Waals surface area contributed by atoms with Gasteiger partial charge in [-0.05, 0) is 30.3 Å². The molecule has 2 aromatic carbocycles. The van der Waals surface area contributed by atoms with Gasteiger partial charge in [0, 0.05) is 6.07 Å². The molecule has 0 saturated carbocycles. The number of hydrogen-bond donors (Lipinski definition) is 1. The fraction of sp³-hybridized carbons (Fsp3) is 0.278. The van der Waals surface area contributed by atoms with E-state index in [2.05, 4.69) is 5.32 Å². The van der Waals surface area contributed by atoms with Crippen molar-refractivity contribution in [3.63, 3.8) is 0 Å². The van der Waals surface area contributed by atoms with Crippen LogP contribution in [0, 0.1) is 0 Å². The number of carbonyl (C=O) groups is 1. The Bertz CT molecular complexity index is 810. The Morgan fingerprint density at radius 2 is 1.81 bits per heavy atom. The Hall–Kier alpha value is -3.10. The van der Waals surface area contributed by atoms with Crippen molar-refractivity contribution in [1.29, 1.82) is 0 Å². The minimum Gasteiger partial charge on any atom is -0.492 e. The van der Waals surface area contributed by atoms with Gasteiger partial charge in [0.2, 0.25) is 6.79 Å². The number of halogens is 3. The molecular weight excluding hydrogens is 367 g/mol. The van der Waals surface area contributed by atoms with E-state index in [9.17, 15) is 18.0 Å². The standard InChI is InChI=1S/C18H16F3NO5/c19-18(20,21)12-2-1-3-13(8-12)24-7-6-22-17(23)10-25-14-4-5-15-16(9-14)27-11-26-15/h1-5,8-9H,6-7,10-11H2,(H,22,23). The van der Waals surface area contributed by atoms with Crippen molar-refractivity contribution >= 4 is 5.91 Å². The Morgan fingerprint density at radius 1 is 1.04 bits per heavy atom. The van der Waals surface area contributed by atoms with E-state index in [1.54, 1.807) is 18.2 Å². The average molecular weight is 383 g/mol. The molecule has 0 unspecified atom stereocenters. The first-order chi connectivity index (χ1) is 12.9. The van der Waals surface area contributed by atoms with Crippen molar-refractivity contribution in [2.45, 2.75) is 6.18 Å². The van der Waals surface area contributed by atoms with E-state index in [1.807, 2.05) is 0 Å². The van der Waals surface area contributed by atoms with Gasteiger partial charge < -0.3 is 24.3 Å². The highest BCUT2D eigenvalue weighted by Crippen LogP contribution is 2.35. The smallest absolute Gasteiger partial charge is 0.416 e. The van der Waals surface area contributed by atoms with Gasteiger partial charge in [-0.3, -0.25) is 4.79 Å². The summed E-state index contributed by atoms with van der Waals surface area (Å²) in [6, 6.07) is 9.49. The number of nitrogens with one attached hydrogen (secondary N) is 1. The zero-order valence-electron chi connectivity index (χ0n) is 14.0. The van der Waals surface area contributed by atoms with E-state index in [0.717, 1.165) is 12.1 Å². The van der Waals surface area contributed by atoms with Crippen LogP contribution in [0.3, 0.4) is 0 Å². The lowest BCUT2D eigenvalue weighted by Gasteiger charge is -2.11. The minimum atomic E-state index is -4.43. The van der Waals surface area contributed by atoms with E-state index < -0.39 is 11.7 Å². The summed E-state index contributed by atoms with van der Waals surface area (Å²) < 4.78 is 58.8. The molecule has 3 rings (SSSR count). The van der Waals surface area contributed by atoms with Gasteiger partial charge >= 0.3 is 6.18 Å². The topological polar surface area (TPSA) is 66.0 Å². The Balaban J connectivity index is 1.37. The first-order valence-electron chi connectivity index (χ1n) is 8.01. The van der Waals surface area contributed by atoms with Gasteiger partial charge in [-0.1, -0.05) is 6.07 Å². The van der Waals surface area contributed by atoms with Crippen LogP contribution in [0.4, 0.5) is 13.2 Å². The maximum Gasteiger partial charge on any atom is 0.416 e. The molecule has 144 valence electrons. The van der Waals surface area contributed by atoms with Gasteiger partial charge in [0.15, 0.2) is 18.1 Å². The molecule has 0 aromatic heterocycles. The van der Waals surface area contributed by atoms with Gasteiger partial charge in [0.1, 0.15) is 18.1 Å². The Labute approximate surface area is 152 Å². The predicted octanol–water partition coefficient (Wildman–Crippen LogP) is 3.01. The fourth-order valence-electron chi connectivity index (χ4n) is 2.29. The number of carbonyl (C=O) groups excluding carboxylic acids is 1. The van der Waals surface area contributed by atoms with Crippen molar-refractivity contribution < 1.29 is 36.9 Å². The first kappa shape index (κ1) is 18.7. The SMILES string of the molecule is O=C(COc1ccc2c(c1)OCO2)NCCOc1cccc(C(F)(F)F)c1. The second-order valence-corrected chi connectivity index (χ2v) is 5.53. The van der Waals surface area contributed by atoms with Crippen molar-refractivity contribution in [3.8, 4) is 23.0 Å². The molecule has 6 nitrogen and oxygen atoms in total. The van der Waals surface area contributed by atoms with E-state index >= 15 is 0 Å². The highest BCUT2D eigenvalue weighted by Gasteiger charge is 2.30. The first-order valence-corrected chi connectivity index (χ1v) is 8.01. The number of amides is 1. The third kappa shape index (κ3) is 5.19. The van der Waals surface area contributed by atoms with Crippen molar-refractivity contribution in [3.05, 3.63) is 48.0 Å². The molecule has 0 saturated heterocycles. The molecule has 0 spiro atoms. The lowest BCUT2D eigenvalue weighted by Crippen LogP contribution is -2.32. The summed E-state index contributed by atoms with van der Waals surface area (Å²) in [7, 11) is 0. The molecule has 1 aliphatic heterocycles. The number of ether oxygens (including phenoxy) is 4. The Morgan fingerprint density at radius 3 is 2.63 bits per heavy atom. The molecule has 9 heteroatoms. The molecule has 27 heavy (non-hydrogen) atoms. The minimum absolute atomic E-state index is 0.0249. The van der Waals surface area contributed by atoms with Crippen LogP contribution < -0.4 is 24.3 Å². The van der Waals surface area contributed by atoms with Crippen LogP contribution in [0.5, 0.6) is 23.0 Å². The summed E-state index contributed by atoms with van der Waals surface area (Å²) in [6.07, 6.45) is -4.43. The van der Waals surface area contributed by atoms with Crippen LogP contribution in [0.15, 0.2) is 42.5 Å². The summed E-state index contributed by atoms with van der Waals surface area (Å²) in [5, 5.41) is 2.55. The van der Waals surface area contributed by atoms with Gasteiger partial charge in [-0.15, -0.1) is 0 Å². The summed E-state index contributed by atoms with van der Waals surface area (Å²) in [5.41, 5.74) is -0.791. The lowest BCUT2D eigenvalue weighted by atomic mass is 10.2. The van der Waals surface area contributed by atoms with Gasteiger partial charge in [0.05, 0.1) is 12.1 Å². The third-order valence-electron chi connectivity index (χ3n) is 3.57. The van der Waals surface area contributed by atoms with Crippen LogP contribution in [0.2, 0.25) is 0 Å². The number of rotatable bonds is 7. The van der Waals surface area contributed by atoms with Crippen LogP contribution in [0.25, 0.3) is 0 Å². The fourth-order valence-corrected chi connectivity index (χ4v) is 2.29. The van der Waals surface area contributed by atoms with Gasteiger partial charge in [-0.25, -0.2) is 0 Å². The van der Waals surface area contributed by atoms with E-state index in [4.69, 9.17) is 18.9 Å². The maximum absolute atomic E-state index is 12.6. The van der Waals surface area contributed by atoms with Crippen LogP contribution in [-0.2, 0) is 11.0 Å². The highest BCUT2D eigenvalue weighted by molar-refractivity contribution is 5.77. The summed E-state index contributed by atoms with van der Waals surface area (Å²) in [4.78, 5) is 11.8. The number of alkyl halides is 3. The van der Waals surface area contributed by atoms with Gasteiger partial charge in [-0.2, -0.15) is 13.2 Å². The zero-order valence-corrected chi connectivity index (χ0v) is 14.0. The third-order valence-corrected chi connectivity index (χ3v) is 3.57. The summed E-state index contributed by atoms with van der Waals surface area (Å²) in [6.45, 7) is 0.0744. The van der Waals surface area contributed by atoms with Gasteiger partial charge in [0.25, 0.3) is 5.91 Å². The van der Waals surface area contributed by atoms with Crippen molar-refractivity contribution in [2.75, 3.05) is 26.6 Å². The maximum atomic E-state index is 12.6. The quantitative estimate of drug-likeness (QED) is 0.745. The molecule has 0 aliphatic carbocycles. The second kappa shape index (κ2) is 8.07. The monoisotopic (exact) mass is 383 g/mol. The van der Waals surface area contributed by atoms with E-state index in [1.165, 1.54) is 12.1 Å². The van der Waals surface area contributed by atoms with Crippen LogP contribution >= 0.6 is 0 Å². The largest absolute Gasteiger partial charge is 0.492 e. The summed E-state index contributed by atoms with van der Waals surface area (Å²) >= 11 is 0. The molecule has 1 heterocycles. The highest BCUT2D eigenvalue weighted by atomic mass is 19.4.